The molecule has 0 amide bonds. The average molecular weight is 207 g/mol. The summed E-state index contributed by atoms with van der Waals surface area (Å²) in [6, 6.07) is 4.08. The molecule has 3 nitrogen and oxygen atoms in total. The minimum Gasteiger partial charge on any atom is -0.469 e. The molecular weight excluding hydrogens is 190 g/mol. The van der Waals surface area contributed by atoms with Crippen LogP contribution >= 0.6 is 0 Å². The van der Waals surface area contributed by atoms with Gasteiger partial charge in [0.15, 0.2) is 0 Å². The molecule has 1 aromatic heterocycles. The third-order valence-corrected chi connectivity index (χ3v) is 3.85. The SMILES string of the molecule is c1coc(C2(C3CCNCC3)COC2)c1. The molecule has 3 heterocycles. The highest BCUT2D eigenvalue weighted by Crippen LogP contribution is 2.43. The van der Waals surface area contributed by atoms with E-state index in [0.717, 1.165) is 38.0 Å². The molecule has 0 bridgehead atoms. The zero-order valence-corrected chi connectivity index (χ0v) is 8.87. The Kier molecular flexibility index (Phi) is 2.29. The fourth-order valence-electron chi connectivity index (χ4n) is 2.84. The van der Waals surface area contributed by atoms with E-state index in [4.69, 9.17) is 9.15 Å². The number of rotatable bonds is 2. The maximum absolute atomic E-state index is 5.59. The summed E-state index contributed by atoms with van der Waals surface area (Å²) in [7, 11) is 0. The van der Waals surface area contributed by atoms with Crippen LogP contribution in [0.25, 0.3) is 0 Å². The highest BCUT2D eigenvalue weighted by atomic mass is 16.5. The van der Waals surface area contributed by atoms with Gasteiger partial charge in [0, 0.05) is 0 Å². The Labute approximate surface area is 89.8 Å². The molecular formula is C12H17NO2. The van der Waals surface area contributed by atoms with Crippen molar-refractivity contribution >= 4 is 0 Å². The van der Waals surface area contributed by atoms with Crippen molar-refractivity contribution in [1.82, 2.24) is 5.32 Å². The molecule has 15 heavy (non-hydrogen) atoms. The van der Waals surface area contributed by atoms with Gasteiger partial charge in [-0.3, -0.25) is 0 Å². The molecule has 0 saturated carbocycles. The Hall–Kier alpha value is -0.800. The van der Waals surface area contributed by atoms with Crippen LogP contribution in [0.5, 0.6) is 0 Å². The summed E-state index contributed by atoms with van der Waals surface area (Å²) in [6.07, 6.45) is 4.25. The summed E-state index contributed by atoms with van der Waals surface area (Å²) in [4.78, 5) is 0. The van der Waals surface area contributed by atoms with Gasteiger partial charge in [-0.05, 0) is 44.0 Å². The minimum absolute atomic E-state index is 0.186. The topological polar surface area (TPSA) is 34.4 Å². The fourth-order valence-corrected chi connectivity index (χ4v) is 2.84. The van der Waals surface area contributed by atoms with Crippen LogP contribution in [0.2, 0.25) is 0 Å². The average Bonchev–Trinajstić information content (AvgIpc) is 2.72. The number of hydrogen-bond donors (Lipinski definition) is 1. The molecule has 3 rings (SSSR count). The molecule has 1 aromatic rings. The van der Waals surface area contributed by atoms with Gasteiger partial charge in [0.25, 0.3) is 0 Å². The zero-order valence-electron chi connectivity index (χ0n) is 8.87. The maximum atomic E-state index is 5.59. The van der Waals surface area contributed by atoms with Crippen LogP contribution in [0, 0.1) is 5.92 Å². The van der Waals surface area contributed by atoms with Crippen LogP contribution in [-0.4, -0.2) is 26.3 Å². The van der Waals surface area contributed by atoms with E-state index in [0.29, 0.717) is 0 Å². The smallest absolute Gasteiger partial charge is 0.114 e. The molecule has 0 spiro atoms. The van der Waals surface area contributed by atoms with Crippen LogP contribution < -0.4 is 5.32 Å². The molecule has 0 unspecified atom stereocenters. The number of nitrogens with one attached hydrogen (secondary N) is 1. The second-order valence-corrected chi connectivity index (χ2v) is 4.65. The van der Waals surface area contributed by atoms with Crippen LogP contribution in [-0.2, 0) is 10.2 Å². The van der Waals surface area contributed by atoms with Crippen LogP contribution in [0.15, 0.2) is 22.8 Å². The van der Waals surface area contributed by atoms with Gasteiger partial charge in [0.2, 0.25) is 0 Å². The van der Waals surface area contributed by atoms with Gasteiger partial charge in [0.05, 0.1) is 24.9 Å². The molecule has 0 atom stereocenters. The summed E-state index contributed by atoms with van der Waals surface area (Å²) < 4.78 is 11.0. The molecule has 2 aliphatic rings. The first-order chi connectivity index (χ1) is 7.42. The van der Waals surface area contributed by atoms with Crippen molar-refractivity contribution in [3.8, 4) is 0 Å². The van der Waals surface area contributed by atoms with Crippen molar-refractivity contribution in [1.29, 1.82) is 0 Å². The quantitative estimate of drug-likeness (QED) is 0.799. The Morgan fingerprint density at radius 3 is 2.60 bits per heavy atom. The summed E-state index contributed by atoms with van der Waals surface area (Å²) in [5.41, 5.74) is 0.186. The van der Waals surface area contributed by atoms with Gasteiger partial charge >= 0.3 is 0 Å². The second-order valence-electron chi connectivity index (χ2n) is 4.65. The van der Waals surface area contributed by atoms with Crippen molar-refractivity contribution in [2.75, 3.05) is 26.3 Å². The summed E-state index contributed by atoms with van der Waals surface area (Å²) in [5, 5.41) is 3.41. The van der Waals surface area contributed by atoms with E-state index in [9.17, 15) is 0 Å². The van der Waals surface area contributed by atoms with Gasteiger partial charge in [-0.2, -0.15) is 0 Å². The second kappa shape index (κ2) is 3.65. The van der Waals surface area contributed by atoms with Crippen molar-refractivity contribution < 1.29 is 9.15 Å². The number of ether oxygens (including phenoxy) is 1. The first-order valence-electron chi connectivity index (χ1n) is 5.74. The van der Waals surface area contributed by atoms with Gasteiger partial charge in [0.1, 0.15) is 5.76 Å². The van der Waals surface area contributed by atoms with Gasteiger partial charge < -0.3 is 14.5 Å². The monoisotopic (exact) mass is 207 g/mol. The predicted molar refractivity (Wildman–Crippen MR) is 56.8 cm³/mol. The van der Waals surface area contributed by atoms with Crippen LogP contribution in [0.4, 0.5) is 0 Å². The van der Waals surface area contributed by atoms with Crippen molar-refractivity contribution in [3.63, 3.8) is 0 Å². The molecule has 3 heteroatoms. The van der Waals surface area contributed by atoms with E-state index in [1.165, 1.54) is 12.8 Å². The third-order valence-electron chi connectivity index (χ3n) is 3.85. The summed E-state index contributed by atoms with van der Waals surface area (Å²) >= 11 is 0. The van der Waals surface area contributed by atoms with E-state index in [1.54, 1.807) is 6.26 Å². The Morgan fingerprint density at radius 2 is 2.07 bits per heavy atom. The maximum Gasteiger partial charge on any atom is 0.114 e. The molecule has 0 aromatic carbocycles. The molecule has 0 radical (unpaired) electrons. The fraction of sp³-hybridized carbons (Fsp3) is 0.667. The summed E-state index contributed by atoms with van der Waals surface area (Å²) in [6.45, 7) is 3.94. The Balaban J connectivity index is 1.85. The van der Waals surface area contributed by atoms with Crippen molar-refractivity contribution in [2.24, 2.45) is 5.92 Å². The van der Waals surface area contributed by atoms with E-state index in [1.807, 2.05) is 6.07 Å². The highest BCUT2D eigenvalue weighted by Gasteiger charge is 2.49. The van der Waals surface area contributed by atoms with Crippen molar-refractivity contribution in [2.45, 2.75) is 18.3 Å². The molecule has 1 N–H and O–H groups in total. The first kappa shape index (κ1) is 9.43. The number of furan rings is 1. The number of hydrogen-bond acceptors (Lipinski definition) is 3. The minimum atomic E-state index is 0.186. The normalized spacial score (nSPS) is 26.1. The Bertz CT molecular complexity index is 310. The first-order valence-corrected chi connectivity index (χ1v) is 5.74. The van der Waals surface area contributed by atoms with Gasteiger partial charge in [-0.1, -0.05) is 0 Å². The van der Waals surface area contributed by atoms with E-state index >= 15 is 0 Å². The molecule has 2 aliphatic heterocycles. The van der Waals surface area contributed by atoms with E-state index in [-0.39, 0.29) is 5.41 Å². The summed E-state index contributed by atoms with van der Waals surface area (Å²) in [5.74, 6) is 1.85. The predicted octanol–water partition coefficient (Wildman–Crippen LogP) is 1.55. The van der Waals surface area contributed by atoms with Gasteiger partial charge in [-0.15, -0.1) is 0 Å². The van der Waals surface area contributed by atoms with E-state index < -0.39 is 0 Å². The number of piperidine rings is 1. The lowest BCUT2D eigenvalue weighted by Crippen LogP contribution is -2.54. The standard InChI is InChI=1S/C12H17NO2/c1-2-11(15-7-1)12(8-14-9-12)10-3-5-13-6-4-10/h1-2,7,10,13H,3-6,8-9H2. The highest BCUT2D eigenvalue weighted by molar-refractivity contribution is 5.20. The molecule has 2 fully saturated rings. The van der Waals surface area contributed by atoms with Crippen LogP contribution in [0.3, 0.4) is 0 Å². The lowest BCUT2D eigenvalue weighted by molar-refractivity contribution is -0.106. The van der Waals surface area contributed by atoms with Crippen molar-refractivity contribution in [3.05, 3.63) is 24.2 Å². The zero-order chi connectivity index (χ0) is 10.1. The largest absolute Gasteiger partial charge is 0.469 e. The Morgan fingerprint density at radius 1 is 1.27 bits per heavy atom. The van der Waals surface area contributed by atoms with Gasteiger partial charge in [-0.25, -0.2) is 0 Å². The molecule has 82 valence electrons. The van der Waals surface area contributed by atoms with E-state index in [2.05, 4.69) is 11.4 Å². The lowest BCUT2D eigenvalue weighted by atomic mass is 9.68. The van der Waals surface area contributed by atoms with Crippen LogP contribution in [0.1, 0.15) is 18.6 Å². The lowest BCUT2D eigenvalue weighted by Gasteiger charge is -2.47. The third kappa shape index (κ3) is 1.42. The molecule has 2 saturated heterocycles. The molecule has 0 aliphatic carbocycles.